The second-order valence-corrected chi connectivity index (χ2v) is 7.11. The molecule has 1 N–H and O–H groups in total. The maximum Gasteiger partial charge on any atom is 0.128 e. The molecule has 0 aromatic carbocycles. The molecule has 1 aliphatic heterocycles. The van der Waals surface area contributed by atoms with Gasteiger partial charge < -0.3 is 10.0 Å². The Morgan fingerprint density at radius 3 is 2.55 bits per heavy atom. The van der Waals surface area contributed by atoms with Gasteiger partial charge in [0, 0.05) is 19.3 Å². The molecule has 2 atom stereocenters. The molecule has 3 heteroatoms. The van der Waals surface area contributed by atoms with Gasteiger partial charge in [-0.05, 0) is 49.1 Å². The number of aliphatic hydroxyl groups is 1. The lowest BCUT2D eigenvalue weighted by Crippen LogP contribution is -2.26. The third-order valence-electron chi connectivity index (χ3n) is 4.53. The molecule has 1 unspecified atom stereocenters. The van der Waals surface area contributed by atoms with Crippen LogP contribution in [0.1, 0.15) is 58.6 Å². The fourth-order valence-corrected chi connectivity index (χ4v) is 3.02. The van der Waals surface area contributed by atoms with Crippen molar-refractivity contribution in [2.45, 2.75) is 53.1 Å². The van der Waals surface area contributed by atoms with E-state index in [1.54, 1.807) is 13.1 Å². The van der Waals surface area contributed by atoms with Crippen molar-refractivity contribution in [3.63, 3.8) is 0 Å². The van der Waals surface area contributed by atoms with Crippen molar-refractivity contribution in [2.75, 3.05) is 18.0 Å². The number of aliphatic hydroxyl groups excluding tert-OH is 1. The normalized spacial score (nSPS) is 22.4. The predicted molar refractivity (Wildman–Crippen MR) is 83.9 cm³/mol. The van der Waals surface area contributed by atoms with Gasteiger partial charge in [0.05, 0.1) is 6.10 Å². The Hall–Kier alpha value is -1.09. The van der Waals surface area contributed by atoms with E-state index >= 15 is 0 Å². The van der Waals surface area contributed by atoms with Gasteiger partial charge in [-0.25, -0.2) is 4.98 Å². The summed E-state index contributed by atoms with van der Waals surface area (Å²) in [6.07, 6.45) is 5.15. The van der Waals surface area contributed by atoms with E-state index in [0.717, 1.165) is 30.4 Å². The van der Waals surface area contributed by atoms with Crippen molar-refractivity contribution < 1.29 is 5.11 Å². The zero-order valence-corrected chi connectivity index (χ0v) is 13.3. The van der Waals surface area contributed by atoms with Gasteiger partial charge in [-0.2, -0.15) is 0 Å². The topological polar surface area (TPSA) is 36.4 Å². The molecular weight excluding hydrogens is 248 g/mol. The van der Waals surface area contributed by atoms with Crippen LogP contribution in [-0.2, 0) is 0 Å². The molecule has 0 radical (unpaired) electrons. The molecular formula is C17H28N2O. The zero-order chi connectivity index (χ0) is 14.8. The van der Waals surface area contributed by atoms with Crippen molar-refractivity contribution in [1.82, 2.24) is 4.98 Å². The molecule has 0 bridgehead atoms. The van der Waals surface area contributed by atoms with Crippen LogP contribution in [0, 0.1) is 11.3 Å². The SMILES string of the molecule is C[C@@H](O)c1ccc(N2CCCC(C(C)(C)C)CC2)nc1. The van der Waals surface area contributed by atoms with E-state index in [2.05, 4.69) is 30.7 Å². The highest BCUT2D eigenvalue weighted by Crippen LogP contribution is 2.35. The maximum absolute atomic E-state index is 9.54. The number of aromatic nitrogens is 1. The van der Waals surface area contributed by atoms with E-state index in [-0.39, 0.29) is 0 Å². The van der Waals surface area contributed by atoms with Crippen LogP contribution in [0.15, 0.2) is 18.3 Å². The van der Waals surface area contributed by atoms with Gasteiger partial charge in [0.1, 0.15) is 5.82 Å². The van der Waals surface area contributed by atoms with Crippen molar-refractivity contribution in [3.8, 4) is 0 Å². The minimum atomic E-state index is -0.439. The average molecular weight is 276 g/mol. The molecule has 112 valence electrons. The molecule has 2 rings (SSSR count). The van der Waals surface area contributed by atoms with Crippen LogP contribution >= 0.6 is 0 Å². The molecule has 1 aromatic rings. The number of hydrogen-bond acceptors (Lipinski definition) is 3. The molecule has 3 nitrogen and oxygen atoms in total. The van der Waals surface area contributed by atoms with Crippen molar-refractivity contribution in [2.24, 2.45) is 11.3 Å². The first-order chi connectivity index (χ1) is 9.38. The minimum absolute atomic E-state index is 0.402. The molecule has 0 saturated carbocycles. The molecule has 0 aliphatic carbocycles. The van der Waals surface area contributed by atoms with Gasteiger partial charge in [0.25, 0.3) is 0 Å². The Kier molecular flexibility index (Phi) is 4.69. The summed E-state index contributed by atoms with van der Waals surface area (Å²) in [4.78, 5) is 6.90. The maximum atomic E-state index is 9.54. The largest absolute Gasteiger partial charge is 0.389 e. The molecule has 2 heterocycles. The first-order valence-corrected chi connectivity index (χ1v) is 7.77. The van der Waals surface area contributed by atoms with Crippen LogP contribution in [0.2, 0.25) is 0 Å². The lowest BCUT2D eigenvalue weighted by molar-refractivity contribution is 0.199. The Labute approximate surface area is 123 Å². The molecule has 0 amide bonds. The summed E-state index contributed by atoms with van der Waals surface area (Å²) in [6.45, 7) is 11.0. The van der Waals surface area contributed by atoms with E-state index in [4.69, 9.17) is 0 Å². The summed E-state index contributed by atoms with van der Waals surface area (Å²) < 4.78 is 0. The Balaban J connectivity index is 2.03. The van der Waals surface area contributed by atoms with E-state index in [9.17, 15) is 5.11 Å². The van der Waals surface area contributed by atoms with Crippen molar-refractivity contribution in [3.05, 3.63) is 23.9 Å². The highest BCUT2D eigenvalue weighted by molar-refractivity contribution is 5.39. The van der Waals surface area contributed by atoms with Gasteiger partial charge in [0.15, 0.2) is 0 Å². The molecule has 1 saturated heterocycles. The monoisotopic (exact) mass is 276 g/mol. The van der Waals surface area contributed by atoms with E-state index in [1.165, 1.54) is 19.3 Å². The van der Waals surface area contributed by atoms with Crippen LogP contribution in [0.5, 0.6) is 0 Å². The lowest BCUT2D eigenvalue weighted by atomic mass is 9.77. The van der Waals surface area contributed by atoms with E-state index in [0.29, 0.717) is 5.41 Å². The summed E-state index contributed by atoms with van der Waals surface area (Å²) in [5.41, 5.74) is 1.29. The van der Waals surface area contributed by atoms with Gasteiger partial charge >= 0.3 is 0 Å². The van der Waals surface area contributed by atoms with Crippen molar-refractivity contribution >= 4 is 5.82 Å². The fraction of sp³-hybridized carbons (Fsp3) is 0.706. The molecule has 1 aliphatic rings. The second kappa shape index (κ2) is 6.13. The molecule has 1 aromatic heterocycles. The number of anilines is 1. The zero-order valence-electron chi connectivity index (χ0n) is 13.3. The van der Waals surface area contributed by atoms with Crippen molar-refractivity contribution in [1.29, 1.82) is 0 Å². The second-order valence-electron chi connectivity index (χ2n) is 7.11. The number of hydrogen-bond donors (Lipinski definition) is 1. The quantitative estimate of drug-likeness (QED) is 0.893. The van der Waals surface area contributed by atoms with E-state index in [1.807, 2.05) is 12.1 Å². The van der Waals surface area contributed by atoms with Crippen LogP contribution in [0.25, 0.3) is 0 Å². The summed E-state index contributed by atoms with van der Waals surface area (Å²) >= 11 is 0. The standard InChI is InChI=1S/C17H28N2O/c1-13(20)14-7-8-16(18-12-14)19-10-5-6-15(9-11-19)17(2,3)4/h7-8,12-13,15,20H,5-6,9-11H2,1-4H3/t13-,15?/m1/s1. The number of pyridine rings is 1. The van der Waals surface area contributed by atoms with E-state index < -0.39 is 6.10 Å². The predicted octanol–water partition coefficient (Wildman–Crippen LogP) is 3.79. The van der Waals surface area contributed by atoms with Gasteiger partial charge in [-0.15, -0.1) is 0 Å². The lowest BCUT2D eigenvalue weighted by Gasteiger charge is -2.30. The summed E-state index contributed by atoms with van der Waals surface area (Å²) in [5, 5.41) is 9.54. The first-order valence-electron chi connectivity index (χ1n) is 7.77. The highest BCUT2D eigenvalue weighted by atomic mass is 16.3. The fourth-order valence-electron chi connectivity index (χ4n) is 3.02. The Bertz CT molecular complexity index is 420. The third-order valence-corrected chi connectivity index (χ3v) is 4.53. The summed E-state index contributed by atoms with van der Waals surface area (Å²) in [7, 11) is 0. The molecule has 0 spiro atoms. The summed E-state index contributed by atoms with van der Waals surface area (Å²) in [6, 6.07) is 4.03. The first kappa shape index (κ1) is 15.3. The van der Waals surface area contributed by atoms with Gasteiger partial charge in [0.2, 0.25) is 0 Å². The van der Waals surface area contributed by atoms with Crippen LogP contribution in [-0.4, -0.2) is 23.2 Å². The Morgan fingerprint density at radius 2 is 2.00 bits per heavy atom. The average Bonchev–Trinajstić information content (AvgIpc) is 2.64. The number of nitrogens with zero attached hydrogens (tertiary/aromatic N) is 2. The van der Waals surface area contributed by atoms with Crippen LogP contribution < -0.4 is 4.90 Å². The van der Waals surface area contributed by atoms with Crippen LogP contribution in [0.4, 0.5) is 5.82 Å². The van der Waals surface area contributed by atoms with Gasteiger partial charge in [-0.3, -0.25) is 0 Å². The Morgan fingerprint density at radius 1 is 1.25 bits per heavy atom. The molecule has 1 fully saturated rings. The van der Waals surface area contributed by atoms with Gasteiger partial charge in [-0.1, -0.05) is 26.8 Å². The highest BCUT2D eigenvalue weighted by Gasteiger charge is 2.27. The minimum Gasteiger partial charge on any atom is -0.389 e. The van der Waals surface area contributed by atoms with Crippen LogP contribution in [0.3, 0.4) is 0 Å². The third kappa shape index (κ3) is 3.72. The molecule has 20 heavy (non-hydrogen) atoms. The number of rotatable bonds is 2. The smallest absolute Gasteiger partial charge is 0.128 e. The summed E-state index contributed by atoms with van der Waals surface area (Å²) in [5.74, 6) is 1.84.